The lowest BCUT2D eigenvalue weighted by Crippen LogP contribution is -2.38. The molecule has 4 rings (SSSR count). The second-order valence-corrected chi connectivity index (χ2v) is 8.97. The zero-order valence-corrected chi connectivity index (χ0v) is 20.8. The van der Waals surface area contributed by atoms with Gasteiger partial charge < -0.3 is 19.1 Å². The highest BCUT2D eigenvalue weighted by Crippen LogP contribution is 2.31. The molecule has 1 heterocycles. The van der Waals surface area contributed by atoms with Crippen LogP contribution in [-0.4, -0.2) is 44.0 Å². The maximum atomic E-state index is 13.5. The summed E-state index contributed by atoms with van der Waals surface area (Å²) in [6.45, 7) is 2.70. The van der Waals surface area contributed by atoms with Crippen LogP contribution in [0.2, 0.25) is 0 Å². The maximum Gasteiger partial charge on any atom is 0.168 e. The smallest absolute Gasteiger partial charge is 0.168 e. The third kappa shape index (κ3) is 7.47. The predicted octanol–water partition coefficient (Wildman–Crippen LogP) is 6.34. The lowest BCUT2D eigenvalue weighted by molar-refractivity contribution is -0.0267. The summed E-state index contributed by atoms with van der Waals surface area (Å²) >= 11 is 0. The van der Waals surface area contributed by atoms with Crippen LogP contribution in [0.3, 0.4) is 0 Å². The van der Waals surface area contributed by atoms with Crippen molar-refractivity contribution in [2.75, 3.05) is 26.7 Å². The molecule has 0 spiro atoms. The van der Waals surface area contributed by atoms with E-state index in [-0.39, 0.29) is 23.8 Å². The monoisotopic (exact) mass is 507 g/mol. The normalized spacial score (nSPS) is 14.8. The Kier molecular flexibility index (Phi) is 9.40. The minimum absolute atomic E-state index is 0.0528. The van der Waals surface area contributed by atoms with Gasteiger partial charge in [-0.1, -0.05) is 24.3 Å². The minimum atomic E-state index is -0.379. The number of hydrogen-bond acceptors (Lipinski definition) is 5. The van der Waals surface area contributed by atoms with Crippen molar-refractivity contribution in [3.8, 4) is 11.5 Å². The summed E-state index contributed by atoms with van der Waals surface area (Å²) in [6.07, 6.45) is 6.63. The molecule has 0 aromatic heterocycles. The van der Waals surface area contributed by atoms with E-state index in [9.17, 15) is 13.6 Å². The molecule has 194 valence electrons. The number of methoxy groups -OCH3 is 1. The summed E-state index contributed by atoms with van der Waals surface area (Å²) in [5.74, 6) is 0.462. The van der Waals surface area contributed by atoms with Crippen molar-refractivity contribution in [2.24, 2.45) is 0 Å². The molecule has 0 atom stereocenters. The number of hydrogen-bond donors (Lipinski definition) is 0. The Morgan fingerprint density at radius 2 is 1.54 bits per heavy atom. The molecule has 1 fully saturated rings. The number of carbonyl (C=O) groups excluding carboxylic acids is 1. The standard InChI is InChI=1S/C30H31F2NO4/c1-35-29-20-22(21-34)4-13-28(29)36-19-3-2-16-33-17-14-27(15-18-33)37-30(23-5-9-25(31)10-6-23)24-7-11-26(32)12-8-24/h3-13,19-21,27,30H,2,14-18H2,1H3/b19-3+. The zero-order valence-electron chi connectivity index (χ0n) is 20.8. The molecular formula is C30H31F2NO4. The van der Waals surface area contributed by atoms with Gasteiger partial charge in [-0.15, -0.1) is 0 Å². The van der Waals surface area contributed by atoms with Gasteiger partial charge in [0.05, 0.1) is 19.5 Å². The first-order valence-electron chi connectivity index (χ1n) is 12.4. The maximum absolute atomic E-state index is 13.5. The van der Waals surface area contributed by atoms with Crippen LogP contribution >= 0.6 is 0 Å². The summed E-state index contributed by atoms with van der Waals surface area (Å²) < 4.78 is 44.4. The largest absolute Gasteiger partial charge is 0.493 e. The van der Waals surface area contributed by atoms with E-state index in [1.165, 1.54) is 31.4 Å². The van der Waals surface area contributed by atoms with Gasteiger partial charge in [0, 0.05) is 25.2 Å². The molecule has 0 radical (unpaired) electrons. The number of aldehydes is 1. The van der Waals surface area contributed by atoms with E-state index in [2.05, 4.69) is 4.90 Å². The Morgan fingerprint density at radius 1 is 0.919 bits per heavy atom. The highest BCUT2D eigenvalue weighted by molar-refractivity contribution is 5.76. The predicted molar refractivity (Wildman–Crippen MR) is 138 cm³/mol. The Morgan fingerprint density at radius 3 is 2.11 bits per heavy atom. The summed E-state index contributed by atoms with van der Waals surface area (Å²) in [4.78, 5) is 13.3. The molecule has 7 heteroatoms. The number of halogens is 2. The number of rotatable bonds is 11. The molecule has 1 aliphatic rings. The van der Waals surface area contributed by atoms with Gasteiger partial charge in [0.15, 0.2) is 11.5 Å². The molecule has 1 aliphatic heterocycles. The van der Waals surface area contributed by atoms with Crippen molar-refractivity contribution in [1.82, 2.24) is 4.90 Å². The van der Waals surface area contributed by atoms with Crippen LogP contribution in [-0.2, 0) is 4.74 Å². The highest BCUT2D eigenvalue weighted by Gasteiger charge is 2.24. The summed E-state index contributed by atoms with van der Waals surface area (Å²) in [5, 5.41) is 0. The number of piperidine rings is 1. The van der Waals surface area contributed by atoms with Gasteiger partial charge in [-0.25, -0.2) is 8.78 Å². The van der Waals surface area contributed by atoms with E-state index < -0.39 is 0 Å². The Balaban J connectivity index is 1.26. The van der Waals surface area contributed by atoms with Crippen LogP contribution in [0.1, 0.15) is 46.9 Å². The third-order valence-electron chi connectivity index (χ3n) is 6.44. The summed E-state index contributed by atoms with van der Waals surface area (Å²) in [7, 11) is 1.54. The lowest BCUT2D eigenvalue weighted by Gasteiger charge is -2.34. The van der Waals surface area contributed by atoms with E-state index in [4.69, 9.17) is 14.2 Å². The van der Waals surface area contributed by atoms with E-state index in [0.29, 0.717) is 17.1 Å². The molecular weight excluding hydrogens is 476 g/mol. The molecule has 3 aromatic carbocycles. The molecule has 0 N–H and O–H groups in total. The van der Waals surface area contributed by atoms with Crippen LogP contribution < -0.4 is 9.47 Å². The van der Waals surface area contributed by atoms with Crippen molar-refractivity contribution in [3.63, 3.8) is 0 Å². The average molecular weight is 508 g/mol. The number of nitrogens with zero attached hydrogens (tertiary/aromatic N) is 1. The fraction of sp³-hybridized carbons (Fsp3) is 0.300. The second-order valence-electron chi connectivity index (χ2n) is 8.97. The molecule has 0 saturated carbocycles. The first kappa shape index (κ1) is 26.5. The number of ether oxygens (including phenoxy) is 3. The fourth-order valence-electron chi connectivity index (χ4n) is 4.39. The van der Waals surface area contributed by atoms with Crippen LogP contribution in [0, 0.1) is 11.6 Å². The molecule has 37 heavy (non-hydrogen) atoms. The number of likely N-dealkylation sites (tertiary alicyclic amines) is 1. The average Bonchev–Trinajstić information content (AvgIpc) is 2.93. The Hall–Kier alpha value is -3.55. The Bertz CT molecular complexity index is 1130. The van der Waals surface area contributed by atoms with Gasteiger partial charge >= 0.3 is 0 Å². The van der Waals surface area contributed by atoms with Crippen LogP contribution in [0.5, 0.6) is 11.5 Å². The van der Waals surface area contributed by atoms with Gasteiger partial charge in [-0.3, -0.25) is 4.79 Å². The first-order valence-corrected chi connectivity index (χ1v) is 12.4. The molecule has 5 nitrogen and oxygen atoms in total. The van der Waals surface area contributed by atoms with Gasteiger partial charge in [-0.05, 0) is 78.9 Å². The van der Waals surface area contributed by atoms with E-state index in [1.807, 2.05) is 6.08 Å². The number of benzene rings is 3. The van der Waals surface area contributed by atoms with Gasteiger partial charge in [0.25, 0.3) is 0 Å². The zero-order chi connectivity index (χ0) is 26.0. The first-order chi connectivity index (χ1) is 18.1. The van der Waals surface area contributed by atoms with Crippen molar-refractivity contribution in [1.29, 1.82) is 0 Å². The van der Waals surface area contributed by atoms with Crippen molar-refractivity contribution >= 4 is 6.29 Å². The molecule has 0 amide bonds. The highest BCUT2D eigenvalue weighted by atomic mass is 19.1. The summed E-state index contributed by atoms with van der Waals surface area (Å²) in [6, 6.07) is 17.6. The van der Waals surface area contributed by atoms with E-state index in [1.54, 1.807) is 48.7 Å². The quantitative estimate of drug-likeness (QED) is 0.224. The van der Waals surface area contributed by atoms with Gasteiger partial charge in [0.1, 0.15) is 24.0 Å². The fourth-order valence-corrected chi connectivity index (χ4v) is 4.39. The van der Waals surface area contributed by atoms with E-state index in [0.717, 1.165) is 56.3 Å². The van der Waals surface area contributed by atoms with Crippen LogP contribution in [0.25, 0.3) is 0 Å². The summed E-state index contributed by atoms with van der Waals surface area (Å²) in [5.41, 5.74) is 2.22. The van der Waals surface area contributed by atoms with Crippen molar-refractivity contribution in [2.45, 2.75) is 31.5 Å². The minimum Gasteiger partial charge on any atom is -0.493 e. The van der Waals surface area contributed by atoms with Gasteiger partial charge in [-0.2, -0.15) is 0 Å². The SMILES string of the molecule is COc1cc(C=O)ccc1O/C=C/CCN1CCC(OC(c2ccc(F)cc2)c2ccc(F)cc2)CC1. The molecule has 0 aliphatic carbocycles. The van der Waals surface area contributed by atoms with Crippen LogP contribution in [0.4, 0.5) is 8.78 Å². The molecule has 3 aromatic rings. The molecule has 0 unspecified atom stereocenters. The van der Waals surface area contributed by atoms with Crippen molar-refractivity contribution < 1.29 is 27.8 Å². The Labute approximate surface area is 216 Å². The van der Waals surface area contributed by atoms with E-state index >= 15 is 0 Å². The van der Waals surface area contributed by atoms with Crippen LogP contribution in [0.15, 0.2) is 79.1 Å². The molecule has 0 bridgehead atoms. The lowest BCUT2D eigenvalue weighted by atomic mass is 10.00. The second kappa shape index (κ2) is 13.1. The van der Waals surface area contributed by atoms with Gasteiger partial charge in [0.2, 0.25) is 0 Å². The molecule has 1 saturated heterocycles. The number of carbonyl (C=O) groups is 1. The third-order valence-corrected chi connectivity index (χ3v) is 6.44. The van der Waals surface area contributed by atoms with Crippen molar-refractivity contribution in [3.05, 3.63) is 107 Å². The topological polar surface area (TPSA) is 48.0 Å².